The number of nitrogens with zero attached hydrogens (tertiary/aromatic N) is 4. The van der Waals surface area contributed by atoms with Gasteiger partial charge in [-0.25, -0.2) is 18.1 Å². The monoisotopic (exact) mass is 387 g/mol. The van der Waals surface area contributed by atoms with Crippen LogP contribution in [0, 0.1) is 6.92 Å². The summed E-state index contributed by atoms with van der Waals surface area (Å²) in [5.74, 6) is -0.858. The van der Waals surface area contributed by atoms with E-state index in [0.29, 0.717) is 4.52 Å². The third-order valence-electron chi connectivity index (χ3n) is 3.31. The van der Waals surface area contributed by atoms with Gasteiger partial charge in [0.15, 0.2) is 5.69 Å². The molecule has 0 saturated heterocycles. The summed E-state index contributed by atoms with van der Waals surface area (Å²) in [6.45, 7) is 1.36. The number of hydrogen-bond donors (Lipinski definition) is 1. The zero-order valence-electron chi connectivity index (χ0n) is 13.4. The first-order chi connectivity index (χ1) is 12.1. The van der Waals surface area contributed by atoms with Gasteiger partial charge >= 0.3 is 6.18 Å². The van der Waals surface area contributed by atoms with Crippen molar-refractivity contribution >= 4 is 21.7 Å². The molecule has 0 amide bonds. The first kappa shape index (κ1) is 17.9. The highest BCUT2D eigenvalue weighted by atomic mass is 32.2. The number of aromatic nitrogens is 4. The van der Waals surface area contributed by atoms with Crippen molar-refractivity contribution < 1.29 is 26.3 Å². The lowest BCUT2D eigenvalue weighted by atomic mass is 10.3. The molecule has 138 valence electrons. The van der Waals surface area contributed by atoms with Crippen molar-refractivity contribution in [2.75, 3.05) is 11.8 Å². The number of benzene rings is 1. The Bertz CT molecular complexity index is 1080. The average molecular weight is 387 g/mol. The van der Waals surface area contributed by atoms with E-state index in [1.165, 1.54) is 32.2 Å². The minimum absolute atomic E-state index is 0.0636. The number of fused-ring (bicyclic) bond motifs is 1. The number of methoxy groups -OCH3 is 1. The normalized spacial score (nSPS) is 12.3. The van der Waals surface area contributed by atoms with Gasteiger partial charge in [0.25, 0.3) is 21.7 Å². The van der Waals surface area contributed by atoms with Crippen LogP contribution in [-0.4, -0.2) is 35.1 Å². The second-order valence-electron chi connectivity index (χ2n) is 5.18. The second kappa shape index (κ2) is 6.12. The predicted molar refractivity (Wildman–Crippen MR) is 84.3 cm³/mol. The van der Waals surface area contributed by atoms with Crippen molar-refractivity contribution in [2.45, 2.75) is 18.0 Å². The summed E-state index contributed by atoms with van der Waals surface area (Å²) in [5, 5.41) is 3.58. The molecule has 3 rings (SSSR count). The summed E-state index contributed by atoms with van der Waals surface area (Å²) >= 11 is 0. The molecule has 3 aromatic rings. The number of para-hydroxylation sites is 1. The fraction of sp³-hybridized carbons (Fsp3) is 0.214. The second-order valence-corrected chi connectivity index (χ2v) is 6.83. The maximum absolute atomic E-state index is 13.1. The number of nitrogens with one attached hydrogen (secondary N) is 1. The maximum atomic E-state index is 13.1. The molecule has 2 heterocycles. The highest BCUT2D eigenvalue weighted by molar-refractivity contribution is 7.92. The summed E-state index contributed by atoms with van der Waals surface area (Å²) in [4.78, 5) is 7.35. The van der Waals surface area contributed by atoms with Crippen LogP contribution in [0.5, 0.6) is 5.75 Å². The quantitative estimate of drug-likeness (QED) is 0.737. The first-order valence-electron chi connectivity index (χ1n) is 7.09. The molecule has 0 aliphatic carbocycles. The van der Waals surface area contributed by atoms with Crippen molar-refractivity contribution in [3.63, 3.8) is 0 Å². The molecule has 1 N–H and O–H groups in total. The molecule has 0 aliphatic heterocycles. The van der Waals surface area contributed by atoms with Crippen molar-refractivity contribution in [3.8, 4) is 5.75 Å². The number of anilines is 1. The molecule has 0 radical (unpaired) electrons. The van der Waals surface area contributed by atoms with Gasteiger partial charge in [-0.05, 0) is 25.1 Å². The van der Waals surface area contributed by atoms with E-state index >= 15 is 0 Å². The summed E-state index contributed by atoms with van der Waals surface area (Å²) < 4.78 is 71.8. The number of alkyl halides is 3. The molecule has 0 unspecified atom stereocenters. The van der Waals surface area contributed by atoms with Crippen LogP contribution in [-0.2, 0) is 16.2 Å². The van der Waals surface area contributed by atoms with Gasteiger partial charge in [-0.1, -0.05) is 12.1 Å². The molecule has 0 spiro atoms. The Balaban J connectivity index is 2.07. The molecule has 1 aromatic carbocycles. The number of sulfonamides is 1. The summed E-state index contributed by atoms with van der Waals surface area (Å²) in [6, 6.07) is 6.54. The van der Waals surface area contributed by atoms with E-state index in [9.17, 15) is 21.6 Å². The zero-order valence-corrected chi connectivity index (χ0v) is 14.3. The van der Waals surface area contributed by atoms with Crippen LogP contribution in [0.15, 0.2) is 35.2 Å². The number of halogens is 3. The number of hydrogen-bond acceptors (Lipinski definition) is 6. The summed E-state index contributed by atoms with van der Waals surface area (Å²) in [5.41, 5.74) is -1.05. The van der Waals surface area contributed by atoms with Gasteiger partial charge in [0, 0.05) is 5.69 Å². The fourth-order valence-electron chi connectivity index (χ4n) is 2.25. The van der Waals surface area contributed by atoms with Crippen molar-refractivity contribution in [1.29, 1.82) is 0 Å². The van der Waals surface area contributed by atoms with Crippen LogP contribution in [0.3, 0.4) is 0 Å². The van der Waals surface area contributed by atoms with E-state index in [1.54, 1.807) is 6.07 Å². The molecule has 0 atom stereocenters. The van der Waals surface area contributed by atoms with Crippen LogP contribution in [0.25, 0.3) is 5.78 Å². The molecule has 2 aromatic heterocycles. The lowest BCUT2D eigenvalue weighted by Crippen LogP contribution is -2.16. The van der Waals surface area contributed by atoms with Crippen LogP contribution >= 0.6 is 0 Å². The highest BCUT2D eigenvalue weighted by Crippen LogP contribution is 2.30. The van der Waals surface area contributed by atoms with E-state index in [1.807, 2.05) is 4.72 Å². The molecular formula is C14H12F3N5O3S. The Labute approximate surface area is 145 Å². The van der Waals surface area contributed by atoms with E-state index in [2.05, 4.69) is 15.1 Å². The van der Waals surface area contributed by atoms with Gasteiger partial charge < -0.3 is 4.74 Å². The van der Waals surface area contributed by atoms with Crippen LogP contribution < -0.4 is 9.46 Å². The first-order valence-corrected chi connectivity index (χ1v) is 8.57. The molecule has 0 aliphatic rings. The average Bonchev–Trinajstić information content (AvgIpc) is 2.94. The van der Waals surface area contributed by atoms with E-state index in [0.717, 1.165) is 6.07 Å². The zero-order chi connectivity index (χ0) is 19.1. The lowest BCUT2D eigenvalue weighted by molar-refractivity contribution is -0.142. The lowest BCUT2D eigenvalue weighted by Gasteiger charge is -2.09. The SMILES string of the molecule is COc1ccccc1S(=O)(=O)Nc1nc2nc(C)cc(C(F)(F)F)n2n1. The number of rotatable bonds is 4. The predicted octanol–water partition coefficient (Wildman–Crippen LogP) is 2.26. The van der Waals surface area contributed by atoms with Gasteiger partial charge in [-0.3, -0.25) is 0 Å². The molecule has 0 bridgehead atoms. The minimum Gasteiger partial charge on any atom is -0.495 e. The molecule has 12 heteroatoms. The fourth-order valence-corrected chi connectivity index (χ4v) is 3.36. The highest BCUT2D eigenvalue weighted by Gasteiger charge is 2.35. The molecular weight excluding hydrogens is 375 g/mol. The van der Waals surface area contributed by atoms with Gasteiger partial charge in [-0.2, -0.15) is 22.7 Å². The van der Waals surface area contributed by atoms with E-state index in [-0.39, 0.29) is 22.1 Å². The third-order valence-corrected chi connectivity index (χ3v) is 4.68. The standard InChI is InChI=1S/C14H12F3N5O3S/c1-8-7-11(14(15,16)17)22-13(18-8)19-12(20-22)21-26(23,24)10-6-4-3-5-9(10)25-2/h3-7H,1-2H3,(H,20,21). The maximum Gasteiger partial charge on any atom is 0.433 e. The summed E-state index contributed by atoms with van der Waals surface area (Å²) in [6.07, 6.45) is -4.71. The third kappa shape index (κ3) is 3.27. The van der Waals surface area contributed by atoms with Gasteiger partial charge in [0.1, 0.15) is 10.6 Å². The van der Waals surface area contributed by atoms with Gasteiger partial charge in [0.2, 0.25) is 0 Å². The number of ether oxygens (including phenoxy) is 1. The number of aryl methyl sites for hydroxylation is 1. The topological polar surface area (TPSA) is 98.5 Å². The van der Waals surface area contributed by atoms with Crippen molar-refractivity contribution in [1.82, 2.24) is 19.6 Å². The Morgan fingerprint density at radius 2 is 1.88 bits per heavy atom. The molecule has 26 heavy (non-hydrogen) atoms. The van der Waals surface area contributed by atoms with Crippen LogP contribution in [0.1, 0.15) is 11.4 Å². The largest absolute Gasteiger partial charge is 0.495 e. The Hall–Kier alpha value is -2.89. The van der Waals surface area contributed by atoms with E-state index < -0.39 is 27.8 Å². The Morgan fingerprint density at radius 3 is 2.54 bits per heavy atom. The Kier molecular flexibility index (Phi) is 4.22. The Morgan fingerprint density at radius 1 is 1.19 bits per heavy atom. The van der Waals surface area contributed by atoms with Crippen molar-refractivity contribution in [2.24, 2.45) is 0 Å². The van der Waals surface area contributed by atoms with Crippen LogP contribution in [0.4, 0.5) is 19.1 Å². The van der Waals surface area contributed by atoms with Crippen LogP contribution in [0.2, 0.25) is 0 Å². The smallest absolute Gasteiger partial charge is 0.433 e. The van der Waals surface area contributed by atoms with Gasteiger partial charge in [0.05, 0.1) is 7.11 Å². The molecule has 8 nitrogen and oxygen atoms in total. The molecule has 0 saturated carbocycles. The summed E-state index contributed by atoms with van der Waals surface area (Å²) in [7, 11) is -2.89. The molecule has 0 fully saturated rings. The minimum atomic E-state index is -4.71. The van der Waals surface area contributed by atoms with Gasteiger partial charge in [-0.15, -0.1) is 5.10 Å². The van der Waals surface area contributed by atoms with Crippen molar-refractivity contribution in [3.05, 3.63) is 41.7 Å². The van der Waals surface area contributed by atoms with E-state index in [4.69, 9.17) is 4.74 Å².